The van der Waals surface area contributed by atoms with Crippen LogP contribution in [0.25, 0.3) is 0 Å². The zero-order valence-corrected chi connectivity index (χ0v) is 16.9. The molecule has 1 fully saturated rings. The van der Waals surface area contributed by atoms with Gasteiger partial charge in [-0.05, 0) is 37.5 Å². The van der Waals surface area contributed by atoms with Gasteiger partial charge < -0.3 is 19.9 Å². The van der Waals surface area contributed by atoms with E-state index in [2.05, 4.69) is 46.1 Å². The maximum absolute atomic E-state index is 11.1. The van der Waals surface area contributed by atoms with Crippen LogP contribution in [-0.4, -0.2) is 55.8 Å². The molecule has 2 rings (SSSR count). The highest BCUT2D eigenvalue weighted by atomic mass is 32.1. The molecule has 0 saturated carbocycles. The third-order valence-corrected chi connectivity index (χ3v) is 5.42. The number of aryl methyl sites for hydroxylation is 1. The first-order valence-electron chi connectivity index (χ1n) is 9.58. The van der Waals surface area contributed by atoms with Gasteiger partial charge >= 0.3 is 5.97 Å². The molecule has 144 valence electrons. The first kappa shape index (κ1) is 20.6. The van der Waals surface area contributed by atoms with E-state index < -0.39 is 0 Å². The van der Waals surface area contributed by atoms with Gasteiger partial charge in [-0.2, -0.15) is 0 Å². The normalized spacial score (nSPS) is 14.9. The number of carbonyl (C=O) groups is 1. The molecular formula is C20H32N3O2S+. The Kier molecular flexibility index (Phi) is 8.85. The van der Waals surface area contributed by atoms with E-state index in [1.54, 1.807) is 4.90 Å². The Morgan fingerprint density at radius 1 is 1.23 bits per heavy atom. The summed E-state index contributed by atoms with van der Waals surface area (Å²) >= 11 is 5.53. The van der Waals surface area contributed by atoms with Crippen molar-refractivity contribution < 1.29 is 14.4 Å². The van der Waals surface area contributed by atoms with Crippen LogP contribution in [0.5, 0.6) is 0 Å². The molecule has 1 aliphatic heterocycles. The van der Waals surface area contributed by atoms with Crippen molar-refractivity contribution in [3.05, 3.63) is 35.4 Å². The Bertz CT molecular complexity index is 586. The van der Waals surface area contributed by atoms with Gasteiger partial charge in [0.25, 0.3) is 0 Å². The van der Waals surface area contributed by atoms with Crippen molar-refractivity contribution >= 4 is 23.3 Å². The summed E-state index contributed by atoms with van der Waals surface area (Å²) in [5.41, 5.74) is 2.83. The average Bonchev–Trinajstić information content (AvgIpc) is 2.66. The Morgan fingerprint density at radius 3 is 2.65 bits per heavy atom. The van der Waals surface area contributed by atoms with E-state index >= 15 is 0 Å². The SMILES string of the molecule is COC(=O)CCCCCNC(=S)N1CC[NH+](Cc2ccccc2C)CC1. The zero-order chi connectivity index (χ0) is 18.8. The van der Waals surface area contributed by atoms with Gasteiger partial charge in [0, 0.05) is 18.5 Å². The number of benzene rings is 1. The van der Waals surface area contributed by atoms with Crippen LogP contribution in [0.3, 0.4) is 0 Å². The van der Waals surface area contributed by atoms with E-state index in [4.69, 9.17) is 12.2 Å². The smallest absolute Gasteiger partial charge is 0.305 e. The lowest BCUT2D eigenvalue weighted by molar-refractivity contribution is -0.917. The van der Waals surface area contributed by atoms with Crippen molar-refractivity contribution in [3.8, 4) is 0 Å². The second kappa shape index (κ2) is 11.1. The molecule has 5 nitrogen and oxygen atoms in total. The van der Waals surface area contributed by atoms with Crippen molar-refractivity contribution in [2.24, 2.45) is 0 Å². The molecule has 0 aromatic heterocycles. The molecular weight excluding hydrogens is 346 g/mol. The summed E-state index contributed by atoms with van der Waals surface area (Å²) in [6.45, 7) is 8.42. The highest BCUT2D eigenvalue weighted by Crippen LogP contribution is 2.05. The second-order valence-electron chi connectivity index (χ2n) is 6.96. The first-order valence-corrected chi connectivity index (χ1v) is 9.98. The number of piperazine rings is 1. The lowest BCUT2D eigenvalue weighted by atomic mass is 10.1. The van der Waals surface area contributed by atoms with Crippen molar-refractivity contribution in [2.45, 2.75) is 39.2 Å². The molecule has 1 heterocycles. The lowest BCUT2D eigenvalue weighted by Crippen LogP contribution is -3.13. The van der Waals surface area contributed by atoms with Crippen LogP contribution >= 0.6 is 12.2 Å². The van der Waals surface area contributed by atoms with Crippen molar-refractivity contribution in [2.75, 3.05) is 39.8 Å². The van der Waals surface area contributed by atoms with Gasteiger partial charge in [-0.25, -0.2) is 0 Å². The van der Waals surface area contributed by atoms with Gasteiger partial charge in [0.05, 0.1) is 33.3 Å². The topological polar surface area (TPSA) is 46.0 Å². The average molecular weight is 379 g/mol. The third kappa shape index (κ3) is 6.92. The minimum absolute atomic E-state index is 0.125. The van der Waals surface area contributed by atoms with E-state index in [9.17, 15) is 4.79 Å². The summed E-state index contributed by atoms with van der Waals surface area (Å²) in [6, 6.07) is 8.66. The summed E-state index contributed by atoms with van der Waals surface area (Å²) in [5, 5.41) is 4.23. The van der Waals surface area contributed by atoms with Gasteiger partial charge in [-0.1, -0.05) is 30.7 Å². The molecule has 0 spiro atoms. The van der Waals surface area contributed by atoms with Crippen LogP contribution in [0.15, 0.2) is 24.3 Å². The van der Waals surface area contributed by atoms with Gasteiger partial charge in [0.15, 0.2) is 5.11 Å². The highest BCUT2D eigenvalue weighted by Gasteiger charge is 2.21. The fourth-order valence-corrected chi connectivity index (χ4v) is 3.55. The maximum Gasteiger partial charge on any atom is 0.305 e. The number of hydrogen-bond donors (Lipinski definition) is 2. The Morgan fingerprint density at radius 2 is 1.96 bits per heavy atom. The minimum atomic E-state index is -0.125. The van der Waals surface area contributed by atoms with Gasteiger partial charge in [0.1, 0.15) is 6.54 Å². The van der Waals surface area contributed by atoms with Crippen LogP contribution < -0.4 is 10.2 Å². The summed E-state index contributed by atoms with van der Waals surface area (Å²) < 4.78 is 4.64. The number of methoxy groups -OCH3 is 1. The Labute approximate surface area is 162 Å². The van der Waals surface area contributed by atoms with Crippen LogP contribution in [0.2, 0.25) is 0 Å². The van der Waals surface area contributed by atoms with Crippen LogP contribution in [0.4, 0.5) is 0 Å². The first-order chi connectivity index (χ1) is 12.6. The van der Waals surface area contributed by atoms with Crippen molar-refractivity contribution in [1.82, 2.24) is 10.2 Å². The fourth-order valence-electron chi connectivity index (χ4n) is 3.26. The number of nitrogens with zero attached hydrogens (tertiary/aromatic N) is 1. The Balaban J connectivity index is 1.59. The minimum Gasteiger partial charge on any atom is -0.469 e. The molecule has 1 aromatic rings. The molecule has 0 unspecified atom stereocenters. The number of nitrogens with one attached hydrogen (secondary N) is 2. The van der Waals surface area contributed by atoms with E-state index in [-0.39, 0.29) is 5.97 Å². The largest absolute Gasteiger partial charge is 0.469 e. The second-order valence-corrected chi connectivity index (χ2v) is 7.35. The summed E-state index contributed by atoms with van der Waals surface area (Å²) in [6.07, 6.45) is 3.42. The number of quaternary nitrogens is 1. The summed E-state index contributed by atoms with van der Waals surface area (Å²) in [5.74, 6) is -0.125. The Hall–Kier alpha value is -1.66. The van der Waals surface area contributed by atoms with Crippen LogP contribution in [0, 0.1) is 6.92 Å². The molecule has 1 aliphatic rings. The van der Waals surface area contributed by atoms with Crippen molar-refractivity contribution in [3.63, 3.8) is 0 Å². The van der Waals surface area contributed by atoms with Gasteiger partial charge in [-0.3, -0.25) is 4.79 Å². The number of rotatable bonds is 8. The quantitative estimate of drug-likeness (QED) is 0.406. The van der Waals surface area contributed by atoms with E-state index in [1.165, 1.54) is 18.2 Å². The standard InChI is InChI=1S/C20H31N3O2S/c1-17-8-5-6-9-18(17)16-22-12-14-23(15-13-22)20(26)21-11-7-3-4-10-19(24)25-2/h5-6,8-9H,3-4,7,10-16H2,1-2H3,(H,21,26)/p+1. The lowest BCUT2D eigenvalue weighted by Gasteiger charge is -2.34. The zero-order valence-electron chi connectivity index (χ0n) is 16.1. The van der Waals surface area contributed by atoms with Crippen LogP contribution in [-0.2, 0) is 16.1 Å². The number of thiocarbonyl (C=S) groups is 1. The number of esters is 1. The number of carbonyl (C=O) groups excluding carboxylic acids is 1. The molecule has 0 bridgehead atoms. The molecule has 26 heavy (non-hydrogen) atoms. The molecule has 0 aliphatic carbocycles. The van der Waals surface area contributed by atoms with Gasteiger partial charge in [-0.15, -0.1) is 0 Å². The van der Waals surface area contributed by atoms with Gasteiger partial charge in [0.2, 0.25) is 0 Å². The van der Waals surface area contributed by atoms with Crippen LogP contribution in [0.1, 0.15) is 36.8 Å². The highest BCUT2D eigenvalue weighted by molar-refractivity contribution is 7.80. The van der Waals surface area contributed by atoms with Crippen molar-refractivity contribution in [1.29, 1.82) is 0 Å². The molecule has 0 radical (unpaired) electrons. The number of hydrogen-bond acceptors (Lipinski definition) is 3. The van der Waals surface area contributed by atoms with E-state index in [0.717, 1.165) is 63.6 Å². The molecule has 0 amide bonds. The molecule has 6 heteroatoms. The number of ether oxygens (including phenoxy) is 1. The van der Waals surface area contributed by atoms with E-state index in [1.807, 2.05) is 0 Å². The predicted molar refractivity (Wildman–Crippen MR) is 108 cm³/mol. The number of unbranched alkanes of at least 4 members (excludes halogenated alkanes) is 2. The monoisotopic (exact) mass is 378 g/mol. The molecule has 1 saturated heterocycles. The summed E-state index contributed by atoms with van der Waals surface area (Å²) in [4.78, 5) is 15.0. The predicted octanol–water partition coefficient (Wildman–Crippen LogP) is 1.30. The molecule has 2 N–H and O–H groups in total. The van der Waals surface area contributed by atoms with E-state index in [0.29, 0.717) is 6.42 Å². The third-order valence-electron chi connectivity index (χ3n) is 5.02. The maximum atomic E-state index is 11.1. The molecule has 0 atom stereocenters. The molecule has 1 aromatic carbocycles. The summed E-state index contributed by atoms with van der Waals surface area (Å²) in [7, 11) is 1.44. The fraction of sp³-hybridized carbons (Fsp3) is 0.600.